The van der Waals surface area contributed by atoms with Crippen LogP contribution in [0.3, 0.4) is 0 Å². The predicted molar refractivity (Wildman–Crippen MR) is 75.4 cm³/mol. The quantitative estimate of drug-likeness (QED) is 0.487. The Kier molecular flexibility index (Phi) is 6.22. The molecular weight excluding hydrogens is 246 g/mol. The summed E-state index contributed by atoms with van der Waals surface area (Å²) in [5.41, 5.74) is 2.13. The minimum Gasteiger partial charge on any atom is -0.273 e. The third-order valence-corrected chi connectivity index (χ3v) is 3.13. The molecule has 1 amide bonds. The maximum atomic E-state index is 11.5. The second-order valence-corrected chi connectivity index (χ2v) is 6.17. The zero-order chi connectivity index (χ0) is 13.4. The Morgan fingerprint density at radius 1 is 1.28 bits per heavy atom. The molecule has 1 aromatic carbocycles. The molecule has 0 heterocycles. The van der Waals surface area contributed by atoms with Crippen LogP contribution in [0.2, 0.25) is 0 Å². The van der Waals surface area contributed by atoms with Crippen LogP contribution >= 0.6 is 11.8 Å². The van der Waals surface area contributed by atoms with Crippen LogP contribution in [0.4, 0.5) is 0 Å². The van der Waals surface area contributed by atoms with Gasteiger partial charge in [-0.05, 0) is 45.1 Å². The molecule has 0 aliphatic carbocycles. The lowest BCUT2D eigenvalue weighted by atomic mass is 10.2. The monoisotopic (exact) mass is 267 g/mol. The summed E-state index contributed by atoms with van der Waals surface area (Å²) >= 11 is 1.77. The first kappa shape index (κ1) is 15.1. The molecule has 0 atom stereocenters. The molecule has 18 heavy (non-hydrogen) atoms. The molecule has 3 nitrogen and oxygen atoms in total. The van der Waals surface area contributed by atoms with Gasteiger partial charge in [-0.25, -0.2) is 5.48 Å². The SMILES string of the molecule is CC(C)(C)ONC(=O)CCCSc1ccccc1. The molecule has 0 aliphatic rings. The Bertz CT molecular complexity index is 360. The molecule has 0 bridgehead atoms. The summed E-state index contributed by atoms with van der Waals surface area (Å²) in [5.74, 6) is 0.881. The molecule has 0 unspecified atom stereocenters. The van der Waals surface area contributed by atoms with Gasteiger partial charge in [0.05, 0.1) is 5.60 Å². The van der Waals surface area contributed by atoms with Crippen LogP contribution in [-0.4, -0.2) is 17.3 Å². The fourth-order valence-electron chi connectivity index (χ4n) is 1.20. The molecule has 0 aromatic heterocycles. The summed E-state index contributed by atoms with van der Waals surface area (Å²) in [6, 6.07) is 10.2. The highest BCUT2D eigenvalue weighted by Gasteiger charge is 2.12. The van der Waals surface area contributed by atoms with E-state index in [9.17, 15) is 4.79 Å². The Hall–Kier alpha value is -1.00. The molecule has 0 radical (unpaired) electrons. The minimum atomic E-state index is -0.339. The Morgan fingerprint density at radius 3 is 2.56 bits per heavy atom. The molecule has 1 rings (SSSR count). The number of hydroxylamine groups is 1. The molecule has 1 aromatic rings. The van der Waals surface area contributed by atoms with Crippen LogP contribution in [0.15, 0.2) is 35.2 Å². The van der Waals surface area contributed by atoms with Crippen LogP contribution in [0.1, 0.15) is 33.6 Å². The van der Waals surface area contributed by atoms with E-state index in [1.165, 1.54) is 4.90 Å². The second-order valence-electron chi connectivity index (χ2n) is 5.00. The topological polar surface area (TPSA) is 38.3 Å². The number of hydrogen-bond acceptors (Lipinski definition) is 3. The number of thioether (sulfide) groups is 1. The average molecular weight is 267 g/mol. The molecule has 0 saturated carbocycles. The van der Waals surface area contributed by atoms with Gasteiger partial charge < -0.3 is 0 Å². The summed E-state index contributed by atoms with van der Waals surface area (Å²) in [4.78, 5) is 17.9. The van der Waals surface area contributed by atoms with Crippen molar-refractivity contribution in [3.63, 3.8) is 0 Å². The Balaban J connectivity index is 2.09. The fraction of sp³-hybridized carbons (Fsp3) is 0.500. The number of hydrogen-bond donors (Lipinski definition) is 1. The summed E-state index contributed by atoms with van der Waals surface area (Å²) < 4.78 is 0. The molecule has 4 heteroatoms. The zero-order valence-corrected chi connectivity index (χ0v) is 12.0. The Morgan fingerprint density at radius 2 is 1.94 bits per heavy atom. The molecule has 100 valence electrons. The van der Waals surface area contributed by atoms with Crippen LogP contribution in [0.25, 0.3) is 0 Å². The predicted octanol–water partition coefficient (Wildman–Crippen LogP) is 3.41. The van der Waals surface area contributed by atoms with E-state index in [1.807, 2.05) is 39.0 Å². The van der Waals surface area contributed by atoms with E-state index >= 15 is 0 Å². The first-order chi connectivity index (χ1) is 8.47. The second kappa shape index (κ2) is 7.44. The molecule has 0 aliphatic heterocycles. The van der Waals surface area contributed by atoms with Crippen molar-refractivity contribution in [1.82, 2.24) is 5.48 Å². The van der Waals surface area contributed by atoms with Crippen molar-refractivity contribution in [2.75, 3.05) is 5.75 Å². The van der Waals surface area contributed by atoms with Gasteiger partial charge in [-0.15, -0.1) is 11.8 Å². The van der Waals surface area contributed by atoms with Gasteiger partial charge in [-0.3, -0.25) is 9.63 Å². The summed E-state index contributed by atoms with van der Waals surface area (Å²) in [7, 11) is 0. The van der Waals surface area contributed by atoms with Gasteiger partial charge >= 0.3 is 0 Å². The van der Waals surface area contributed by atoms with E-state index < -0.39 is 0 Å². The fourth-order valence-corrected chi connectivity index (χ4v) is 2.07. The number of nitrogens with one attached hydrogen (secondary N) is 1. The van der Waals surface area contributed by atoms with E-state index in [1.54, 1.807) is 11.8 Å². The van der Waals surface area contributed by atoms with Gasteiger partial charge in [-0.2, -0.15) is 0 Å². The van der Waals surface area contributed by atoms with Crippen molar-refractivity contribution in [1.29, 1.82) is 0 Å². The smallest absolute Gasteiger partial charge is 0.243 e. The molecule has 1 N–H and O–H groups in total. The summed E-state index contributed by atoms with van der Waals surface area (Å²) in [5, 5.41) is 0. The normalized spacial score (nSPS) is 11.3. The first-order valence-electron chi connectivity index (χ1n) is 6.12. The largest absolute Gasteiger partial charge is 0.273 e. The van der Waals surface area contributed by atoms with Crippen molar-refractivity contribution < 1.29 is 9.63 Å². The molecular formula is C14H21NO2S. The molecule has 0 spiro atoms. The highest BCUT2D eigenvalue weighted by Crippen LogP contribution is 2.18. The van der Waals surface area contributed by atoms with Crippen LogP contribution in [0.5, 0.6) is 0 Å². The van der Waals surface area contributed by atoms with Gasteiger partial charge in [0.25, 0.3) is 0 Å². The van der Waals surface area contributed by atoms with Crippen molar-refractivity contribution in [2.24, 2.45) is 0 Å². The van der Waals surface area contributed by atoms with Gasteiger partial charge in [0.1, 0.15) is 0 Å². The first-order valence-corrected chi connectivity index (χ1v) is 7.11. The zero-order valence-electron chi connectivity index (χ0n) is 11.2. The third-order valence-electron chi connectivity index (χ3n) is 2.03. The van der Waals surface area contributed by atoms with E-state index in [2.05, 4.69) is 17.6 Å². The highest BCUT2D eigenvalue weighted by atomic mass is 32.2. The van der Waals surface area contributed by atoms with Crippen LogP contribution in [0, 0.1) is 0 Å². The van der Waals surface area contributed by atoms with Gasteiger partial charge in [0.15, 0.2) is 0 Å². The van der Waals surface area contributed by atoms with E-state index in [0.717, 1.165) is 12.2 Å². The van der Waals surface area contributed by atoms with Crippen molar-refractivity contribution in [3.8, 4) is 0 Å². The van der Waals surface area contributed by atoms with E-state index in [4.69, 9.17) is 4.84 Å². The summed E-state index contributed by atoms with van der Waals surface area (Å²) in [6.07, 6.45) is 1.34. The minimum absolute atomic E-state index is 0.0569. The third kappa shape index (κ3) is 7.35. The van der Waals surface area contributed by atoms with Crippen LogP contribution < -0.4 is 5.48 Å². The van der Waals surface area contributed by atoms with Gasteiger partial charge in [0.2, 0.25) is 5.91 Å². The summed E-state index contributed by atoms with van der Waals surface area (Å²) in [6.45, 7) is 5.70. The number of benzene rings is 1. The molecule has 0 saturated heterocycles. The van der Waals surface area contributed by atoms with E-state index in [-0.39, 0.29) is 11.5 Å². The lowest BCUT2D eigenvalue weighted by Crippen LogP contribution is -2.33. The number of carbonyl (C=O) groups is 1. The number of carbonyl (C=O) groups excluding carboxylic acids is 1. The van der Waals surface area contributed by atoms with E-state index in [0.29, 0.717) is 6.42 Å². The Labute approximate surface area is 113 Å². The van der Waals surface area contributed by atoms with Crippen molar-refractivity contribution in [2.45, 2.75) is 44.1 Å². The highest BCUT2D eigenvalue weighted by molar-refractivity contribution is 7.99. The number of rotatable bonds is 6. The molecule has 0 fully saturated rings. The maximum Gasteiger partial charge on any atom is 0.243 e. The van der Waals surface area contributed by atoms with Gasteiger partial charge in [-0.1, -0.05) is 18.2 Å². The average Bonchev–Trinajstić information content (AvgIpc) is 2.33. The van der Waals surface area contributed by atoms with Crippen LogP contribution in [-0.2, 0) is 9.63 Å². The standard InChI is InChI=1S/C14H21NO2S/c1-14(2,3)17-15-13(16)10-7-11-18-12-8-5-4-6-9-12/h4-6,8-9H,7,10-11H2,1-3H3,(H,15,16). The van der Waals surface area contributed by atoms with Gasteiger partial charge in [0, 0.05) is 11.3 Å². The number of amides is 1. The lowest BCUT2D eigenvalue weighted by molar-refractivity contribution is -0.145. The lowest BCUT2D eigenvalue weighted by Gasteiger charge is -2.18. The van der Waals surface area contributed by atoms with Crippen molar-refractivity contribution in [3.05, 3.63) is 30.3 Å². The maximum absolute atomic E-state index is 11.5. The van der Waals surface area contributed by atoms with Crippen molar-refractivity contribution >= 4 is 17.7 Å².